The zero-order valence-corrected chi connectivity index (χ0v) is 16.6. The van der Waals surface area contributed by atoms with E-state index in [1.165, 1.54) is 18.2 Å². The SMILES string of the molecule is CC(C)(C)c1cc(NC(=O)/C=C/c2ccccc2[N+](=O)[O-])n(C(C)(C)C)n1. The number of nitrogens with one attached hydrogen (secondary N) is 1. The lowest BCUT2D eigenvalue weighted by Crippen LogP contribution is -2.27. The van der Waals surface area contributed by atoms with Gasteiger partial charge in [0.15, 0.2) is 0 Å². The van der Waals surface area contributed by atoms with Crippen molar-refractivity contribution in [2.75, 3.05) is 5.32 Å². The number of rotatable bonds is 4. The molecule has 0 aliphatic carbocycles. The molecule has 2 aromatic rings. The van der Waals surface area contributed by atoms with E-state index in [2.05, 4.69) is 31.2 Å². The standard InChI is InChI=1S/C20H26N4O3/c1-19(2,3)16-13-17(23(22-16)20(4,5)6)21-18(25)12-11-14-9-7-8-10-15(14)24(26)27/h7-13H,1-6H3,(H,21,25)/b12-11+. The van der Waals surface area contributed by atoms with Crippen LogP contribution in [0.25, 0.3) is 6.08 Å². The molecular formula is C20H26N4O3. The molecule has 144 valence electrons. The highest BCUT2D eigenvalue weighted by atomic mass is 16.6. The van der Waals surface area contributed by atoms with E-state index in [1.807, 2.05) is 26.8 Å². The van der Waals surface area contributed by atoms with Crippen molar-refractivity contribution in [2.45, 2.75) is 52.5 Å². The van der Waals surface area contributed by atoms with Crippen LogP contribution in [0.2, 0.25) is 0 Å². The van der Waals surface area contributed by atoms with Crippen molar-refractivity contribution in [3.8, 4) is 0 Å². The lowest BCUT2D eigenvalue weighted by atomic mass is 9.92. The second-order valence-corrected chi connectivity index (χ2v) is 8.39. The average Bonchev–Trinajstić information content (AvgIpc) is 2.97. The first-order valence-electron chi connectivity index (χ1n) is 8.73. The van der Waals surface area contributed by atoms with Crippen LogP contribution < -0.4 is 5.32 Å². The third kappa shape index (κ3) is 5.03. The first-order valence-corrected chi connectivity index (χ1v) is 8.73. The van der Waals surface area contributed by atoms with Crippen molar-refractivity contribution in [1.29, 1.82) is 0 Å². The van der Waals surface area contributed by atoms with Crippen LogP contribution in [-0.4, -0.2) is 20.6 Å². The molecule has 0 radical (unpaired) electrons. The van der Waals surface area contributed by atoms with Crippen molar-refractivity contribution < 1.29 is 9.72 Å². The molecule has 0 fully saturated rings. The molecule has 0 unspecified atom stereocenters. The minimum absolute atomic E-state index is 0.0451. The predicted octanol–water partition coefficient (Wildman–Crippen LogP) is 4.50. The number of hydrogen-bond donors (Lipinski definition) is 1. The Labute approximate surface area is 159 Å². The van der Waals surface area contributed by atoms with Gasteiger partial charge in [-0.1, -0.05) is 32.9 Å². The summed E-state index contributed by atoms with van der Waals surface area (Å²) in [6, 6.07) is 8.14. The number of anilines is 1. The Morgan fingerprint density at radius 3 is 2.37 bits per heavy atom. The number of para-hydroxylation sites is 1. The fourth-order valence-electron chi connectivity index (χ4n) is 2.48. The van der Waals surface area contributed by atoms with E-state index >= 15 is 0 Å². The Morgan fingerprint density at radius 2 is 1.81 bits per heavy atom. The Hall–Kier alpha value is -2.96. The molecule has 0 aliphatic heterocycles. The highest BCUT2D eigenvalue weighted by molar-refractivity contribution is 6.01. The highest BCUT2D eigenvalue weighted by Crippen LogP contribution is 2.28. The highest BCUT2D eigenvalue weighted by Gasteiger charge is 2.25. The van der Waals surface area contributed by atoms with E-state index < -0.39 is 4.92 Å². The smallest absolute Gasteiger partial charge is 0.276 e. The van der Waals surface area contributed by atoms with Gasteiger partial charge in [0.05, 0.1) is 21.7 Å². The van der Waals surface area contributed by atoms with Gasteiger partial charge >= 0.3 is 0 Å². The molecule has 2 rings (SSSR count). The number of carbonyl (C=O) groups excluding carboxylic acids is 1. The number of aromatic nitrogens is 2. The van der Waals surface area contributed by atoms with Crippen molar-refractivity contribution in [3.05, 3.63) is 57.8 Å². The van der Waals surface area contributed by atoms with Crippen molar-refractivity contribution in [2.24, 2.45) is 0 Å². The fraction of sp³-hybridized carbons (Fsp3) is 0.400. The number of hydrogen-bond acceptors (Lipinski definition) is 4. The van der Waals surface area contributed by atoms with Crippen molar-refractivity contribution >= 4 is 23.5 Å². The Morgan fingerprint density at radius 1 is 1.19 bits per heavy atom. The summed E-state index contributed by atoms with van der Waals surface area (Å²) in [5, 5.41) is 18.6. The van der Waals surface area contributed by atoms with Crippen LogP contribution in [0.4, 0.5) is 11.5 Å². The first kappa shape index (κ1) is 20.4. The zero-order chi connectivity index (χ0) is 20.4. The zero-order valence-electron chi connectivity index (χ0n) is 16.6. The molecule has 1 heterocycles. The van der Waals surface area contributed by atoms with Crippen molar-refractivity contribution in [3.63, 3.8) is 0 Å². The van der Waals surface area contributed by atoms with E-state index in [1.54, 1.807) is 22.9 Å². The summed E-state index contributed by atoms with van der Waals surface area (Å²) in [4.78, 5) is 23.0. The minimum atomic E-state index is -0.470. The fourth-order valence-corrected chi connectivity index (χ4v) is 2.48. The van der Waals surface area contributed by atoms with Crippen LogP contribution >= 0.6 is 0 Å². The lowest BCUT2D eigenvalue weighted by Gasteiger charge is -2.22. The Bertz CT molecular complexity index is 883. The second-order valence-electron chi connectivity index (χ2n) is 8.39. The molecule has 0 bridgehead atoms. The number of carbonyl (C=O) groups is 1. The molecule has 1 aromatic carbocycles. The molecule has 0 spiro atoms. The largest absolute Gasteiger partial charge is 0.307 e. The molecule has 7 heteroatoms. The summed E-state index contributed by atoms with van der Waals surface area (Å²) < 4.78 is 1.78. The lowest BCUT2D eigenvalue weighted by molar-refractivity contribution is -0.385. The molecule has 0 saturated heterocycles. The topological polar surface area (TPSA) is 90.1 Å². The quantitative estimate of drug-likeness (QED) is 0.487. The molecule has 27 heavy (non-hydrogen) atoms. The molecule has 1 N–H and O–H groups in total. The van der Waals surface area contributed by atoms with E-state index in [-0.39, 0.29) is 22.5 Å². The monoisotopic (exact) mass is 370 g/mol. The molecule has 0 saturated carbocycles. The summed E-state index contributed by atoms with van der Waals surface area (Å²) >= 11 is 0. The molecule has 1 amide bonds. The summed E-state index contributed by atoms with van der Waals surface area (Å²) in [6.07, 6.45) is 2.73. The maximum atomic E-state index is 12.4. The van der Waals surface area contributed by atoms with Gasteiger partial charge in [0.25, 0.3) is 5.69 Å². The maximum Gasteiger partial charge on any atom is 0.276 e. The second kappa shape index (κ2) is 7.34. The normalized spacial score (nSPS) is 12.4. The van der Waals surface area contributed by atoms with Crippen LogP contribution in [0, 0.1) is 10.1 Å². The maximum absolute atomic E-state index is 12.4. The van der Waals surface area contributed by atoms with Gasteiger partial charge in [0.1, 0.15) is 5.82 Å². The molecule has 0 atom stereocenters. The average molecular weight is 370 g/mol. The summed E-state index contributed by atoms with van der Waals surface area (Å²) in [5.74, 6) is 0.212. The molecular weight excluding hydrogens is 344 g/mol. The van der Waals surface area contributed by atoms with E-state index in [0.717, 1.165) is 5.69 Å². The molecule has 0 aliphatic rings. The third-order valence-electron chi connectivity index (χ3n) is 3.91. The molecule has 1 aromatic heterocycles. The van der Waals surface area contributed by atoms with Gasteiger partial charge in [0.2, 0.25) is 5.91 Å². The van der Waals surface area contributed by atoms with Crippen LogP contribution in [0.3, 0.4) is 0 Å². The predicted molar refractivity (Wildman–Crippen MR) is 107 cm³/mol. The van der Waals surface area contributed by atoms with Gasteiger partial charge in [-0.3, -0.25) is 14.9 Å². The van der Waals surface area contributed by atoms with Crippen LogP contribution in [0.1, 0.15) is 52.8 Å². The number of amides is 1. The first-order chi connectivity index (χ1) is 12.4. The number of nitrogens with zero attached hydrogens (tertiary/aromatic N) is 3. The van der Waals surface area contributed by atoms with Gasteiger partial charge in [-0.05, 0) is 32.9 Å². The summed E-state index contributed by atoms with van der Waals surface area (Å²) in [7, 11) is 0. The number of benzene rings is 1. The van der Waals surface area contributed by atoms with Gasteiger partial charge < -0.3 is 5.32 Å². The van der Waals surface area contributed by atoms with Crippen LogP contribution in [0.15, 0.2) is 36.4 Å². The van der Waals surface area contributed by atoms with Gasteiger partial charge in [-0.15, -0.1) is 0 Å². The van der Waals surface area contributed by atoms with Crippen LogP contribution in [-0.2, 0) is 15.7 Å². The van der Waals surface area contributed by atoms with Crippen LogP contribution in [0.5, 0.6) is 0 Å². The summed E-state index contributed by atoms with van der Waals surface area (Å²) in [6.45, 7) is 12.2. The van der Waals surface area contributed by atoms with E-state index in [9.17, 15) is 14.9 Å². The number of nitro groups is 1. The van der Waals surface area contributed by atoms with Gasteiger partial charge in [-0.2, -0.15) is 5.10 Å². The molecule has 7 nitrogen and oxygen atoms in total. The minimum Gasteiger partial charge on any atom is -0.307 e. The van der Waals surface area contributed by atoms with Gasteiger partial charge in [-0.25, -0.2) is 4.68 Å². The Kier molecular flexibility index (Phi) is 5.54. The van der Waals surface area contributed by atoms with E-state index in [0.29, 0.717) is 11.4 Å². The number of nitro benzene ring substituents is 1. The van der Waals surface area contributed by atoms with E-state index in [4.69, 9.17) is 0 Å². The third-order valence-corrected chi connectivity index (χ3v) is 3.91. The van der Waals surface area contributed by atoms with Crippen molar-refractivity contribution in [1.82, 2.24) is 9.78 Å². The van der Waals surface area contributed by atoms with Gasteiger partial charge in [0, 0.05) is 23.6 Å². The summed E-state index contributed by atoms with van der Waals surface area (Å²) in [5.41, 5.74) is 0.730. The Balaban J connectivity index is 2.28.